The minimum atomic E-state index is 0.521. The molecule has 0 bridgehead atoms. The molecule has 0 unspecified atom stereocenters. The van der Waals surface area contributed by atoms with E-state index in [2.05, 4.69) is 31.0 Å². The zero-order chi connectivity index (χ0) is 13.5. The second-order valence-corrected chi connectivity index (χ2v) is 5.49. The number of halogens is 2. The van der Waals surface area contributed by atoms with Crippen LogP contribution in [-0.2, 0) is 6.54 Å². The summed E-state index contributed by atoms with van der Waals surface area (Å²) in [6, 6.07) is 6.18. The third-order valence-corrected chi connectivity index (χ3v) is 3.58. The summed E-state index contributed by atoms with van der Waals surface area (Å²) in [5.74, 6) is 0. The number of likely N-dealkylation sites (N-methyl/N-ethyl adjacent to an activating group) is 1. The highest BCUT2D eigenvalue weighted by Gasteiger charge is 2.10. The van der Waals surface area contributed by atoms with Crippen LogP contribution in [0, 0.1) is 0 Å². The summed E-state index contributed by atoms with van der Waals surface area (Å²) in [6.07, 6.45) is 0. The lowest BCUT2D eigenvalue weighted by Gasteiger charge is -2.22. The fourth-order valence-corrected chi connectivity index (χ4v) is 2.28. The van der Waals surface area contributed by atoms with E-state index >= 15 is 0 Å². The Bertz CT molecular complexity index is 347. The minimum Gasteiger partial charge on any atom is -0.313 e. The van der Waals surface area contributed by atoms with Crippen molar-refractivity contribution in [2.45, 2.75) is 33.4 Å². The van der Waals surface area contributed by atoms with Crippen LogP contribution in [0.5, 0.6) is 0 Å². The topological polar surface area (TPSA) is 15.3 Å². The summed E-state index contributed by atoms with van der Waals surface area (Å²) in [6.45, 7) is 10.2. The van der Waals surface area contributed by atoms with Crippen molar-refractivity contribution in [1.29, 1.82) is 0 Å². The van der Waals surface area contributed by atoms with Gasteiger partial charge >= 0.3 is 0 Å². The van der Waals surface area contributed by atoms with E-state index in [1.165, 1.54) is 0 Å². The lowest BCUT2D eigenvalue weighted by Crippen LogP contribution is -2.34. The molecule has 1 aromatic carbocycles. The Morgan fingerprint density at radius 3 is 2.33 bits per heavy atom. The molecule has 0 radical (unpaired) electrons. The van der Waals surface area contributed by atoms with Gasteiger partial charge in [-0.25, -0.2) is 0 Å². The predicted octanol–water partition coefficient (Wildman–Crippen LogP) is 3.81. The monoisotopic (exact) mass is 288 g/mol. The van der Waals surface area contributed by atoms with Crippen molar-refractivity contribution < 1.29 is 0 Å². The highest BCUT2D eigenvalue weighted by molar-refractivity contribution is 6.35. The molecule has 0 aromatic heterocycles. The Morgan fingerprint density at radius 2 is 1.83 bits per heavy atom. The van der Waals surface area contributed by atoms with Gasteiger partial charge in [-0.2, -0.15) is 0 Å². The lowest BCUT2D eigenvalue weighted by molar-refractivity contribution is 0.276. The molecule has 2 nitrogen and oxygen atoms in total. The first-order chi connectivity index (χ1) is 8.54. The first kappa shape index (κ1) is 15.8. The van der Waals surface area contributed by atoms with Crippen LogP contribution in [0.15, 0.2) is 18.2 Å². The summed E-state index contributed by atoms with van der Waals surface area (Å²) >= 11 is 12.4. The van der Waals surface area contributed by atoms with Crippen molar-refractivity contribution in [2.75, 3.05) is 19.6 Å². The molecule has 0 atom stereocenters. The molecule has 1 rings (SSSR count). The Kier molecular flexibility index (Phi) is 7.02. The average Bonchev–Trinajstić information content (AvgIpc) is 2.31. The van der Waals surface area contributed by atoms with Gasteiger partial charge < -0.3 is 5.32 Å². The van der Waals surface area contributed by atoms with E-state index in [0.717, 1.165) is 41.8 Å². The second kappa shape index (κ2) is 8.00. The van der Waals surface area contributed by atoms with E-state index < -0.39 is 0 Å². The molecule has 18 heavy (non-hydrogen) atoms. The van der Waals surface area contributed by atoms with E-state index in [4.69, 9.17) is 23.2 Å². The standard InChI is InChI=1S/C14H22Cl2N2/c1-4-18(9-8-17-11(2)3)10-12-13(15)6-5-7-14(12)16/h5-7,11,17H,4,8-10H2,1-3H3. The number of hydrogen-bond donors (Lipinski definition) is 1. The second-order valence-electron chi connectivity index (χ2n) is 4.68. The molecule has 0 amide bonds. The summed E-state index contributed by atoms with van der Waals surface area (Å²) in [5.41, 5.74) is 1.02. The van der Waals surface area contributed by atoms with Gasteiger partial charge in [-0.3, -0.25) is 4.90 Å². The van der Waals surface area contributed by atoms with Crippen molar-refractivity contribution in [3.8, 4) is 0 Å². The molecule has 0 fully saturated rings. The van der Waals surface area contributed by atoms with Gasteiger partial charge in [0.25, 0.3) is 0 Å². The predicted molar refractivity (Wildman–Crippen MR) is 80.6 cm³/mol. The van der Waals surface area contributed by atoms with Crippen molar-refractivity contribution in [3.63, 3.8) is 0 Å². The number of rotatable bonds is 7. The third-order valence-electron chi connectivity index (χ3n) is 2.87. The first-order valence-corrected chi connectivity index (χ1v) is 7.18. The van der Waals surface area contributed by atoms with Gasteiger partial charge in [0.1, 0.15) is 0 Å². The Morgan fingerprint density at radius 1 is 1.22 bits per heavy atom. The fraction of sp³-hybridized carbons (Fsp3) is 0.571. The quantitative estimate of drug-likeness (QED) is 0.821. The molecule has 0 saturated carbocycles. The maximum atomic E-state index is 6.19. The van der Waals surface area contributed by atoms with Gasteiger partial charge in [-0.1, -0.05) is 50.0 Å². The van der Waals surface area contributed by atoms with Crippen LogP contribution in [0.1, 0.15) is 26.3 Å². The lowest BCUT2D eigenvalue weighted by atomic mass is 10.2. The number of nitrogens with zero attached hydrogens (tertiary/aromatic N) is 1. The molecule has 0 heterocycles. The van der Waals surface area contributed by atoms with Gasteiger partial charge in [0.2, 0.25) is 0 Å². The van der Waals surface area contributed by atoms with Gasteiger partial charge in [0, 0.05) is 41.3 Å². The van der Waals surface area contributed by atoms with E-state index in [9.17, 15) is 0 Å². The third kappa shape index (κ3) is 5.15. The van der Waals surface area contributed by atoms with Crippen LogP contribution in [-0.4, -0.2) is 30.6 Å². The van der Waals surface area contributed by atoms with Crippen molar-refractivity contribution in [3.05, 3.63) is 33.8 Å². The van der Waals surface area contributed by atoms with Gasteiger partial charge in [0.05, 0.1) is 0 Å². The fourth-order valence-electron chi connectivity index (χ4n) is 1.77. The highest BCUT2D eigenvalue weighted by atomic mass is 35.5. The number of benzene rings is 1. The molecule has 1 aromatic rings. The molecule has 0 aliphatic heterocycles. The number of hydrogen-bond acceptors (Lipinski definition) is 2. The van der Waals surface area contributed by atoms with Crippen LogP contribution >= 0.6 is 23.2 Å². The van der Waals surface area contributed by atoms with Crippen molar-refractivity contribution in [1.82, 2.24) is 10.2 Å². The molecule has 0 aliphatic carbocycles. The van der Waals surface area contributed by atoms with E-state index in [1.54, 1.807) is 0 Å². The van der Waals surface area contributed by atoms with Crippen LogP contribution in [0.2, 0.25) is 10.0 Å². The molecule has 0 saturated heterocycles. The van der Waals surface area contributed by atoms with Gasteiger partial charge in [-0.15, -0.1) is 0 Å². The van der Waals surface area contributed by atoms with Crippen LogP contribution in [0.3, 0.4) is 0 Å². The smallest absolute Gasteiger partial charge is 0.0465 e. The van der Waals surface area contributed by atoms with E-state index in [1.807, 2.05) is 18.2 Å². The Balaban J connectivity index is 2.57. The van der Waals surface area contributed by atoms with Crippen LogP contribution in [0.25, 0.3) is 0 Å². The molecular formula is C14H22Cl2N2. The minimum absolute atomic E-state index is 0.521. The van der Waals surface area contributed by atoms with Crippen molar-refractivity contribution in [2.24, 2.45) is 0 Å². The maximum absolute atomic E-state index is 6.19. The van der Waals surface area contributed by atoms with Crippen LogP contribution in [0.4, 0.5) is 0 Å². The van der Waals surface area contributed by atoms with E-state index in [-0.39, 0.29) is 0 Å². The maximum Gasteiger partial charge on any atom is 0.0465 e. The number of nitrogens with one attached hydrogen (secondary N) is 1. The average molecular weight is 289 g/mol. The molecule has 0 spiro atoms. The summed E-state index contributed by atoms with van der Waals surface area (Å²) in [7, 11) is 0. The van der Waals surface area contributed by atoms with Gasteiger partial charge in [0.15, 0.2) is 0 Å². The molecule has 1 N–H and O–H groups in total. The van der Waals surface area contributed by atoms with Crippen LogP contribution < -0.4 is 5.32 Å². The molecule has 102 valence electrons. The van der Waals surface area contributed by atoms with E-state index in [0.29, 0.717) is 6.04 Å². The largest absolute Gasteiger partial charge is 0.313 e. The summed E-state index contributed by atoms with van der Waals surface area (Å²) in [5, 5.41) is 4.91. The van der Waals surface area contributed by atoms with Gasteiger partial charge in [-0.05, 0) is 18.7 Å². The summed E-state index contributed by atoms with van der Waals surface area (Å²) < 4.78 is 0. The molecular weight excluding hydrogens is 267 g/mol. The zero-order valence-corrected chi connectivity index (χ0v) is 12.9. The Labute approximate surface area is 120 Å². The highest BCUT2D eigenvalue weighted by Crippen LogP contribution is 2.25. The Hall–Kier alpha value is -0.280. The first-order valence-electron chi connectivity index (χ1n) is 6.43. The molecule has 4 heteroatoms. The molecule has 0 aliphatic rings. The normalized spacial score (nSPS) is 11.5. The summed E-state index contributed by atoms with van der Waals surface area (Å²) in [4.78, 5) is 2.34. The van der Waals surface area contributed by atoms with Crippen molar-refractivity contribution >= 4 is 23.2 Å². The zero-order valence-electron chi connectivity index (χ0n) is 11.3. The SMILES string of the molecule is CCN(CCNC(C)C)Cc1c(Cl)cccc1Cl.